The number of hydrogen-bond acceptors (Lipinski definition) is 4. The van der Waals surface area contributed by atoms with Gasteiger partial charge < -0.3 is 5.11 Å². The minimum absolute atomic E-state index is 0.0658. The summed E-state index contributed by atoms with van der Waals surface area (Å²) < 4.78 is 14.7. The summed E-state index contributed by atoms with van der Waals surface area (Å²) in [6, 6.07) is 5.38. The Morgan fingerprint density at radius 2 is 1.71 bits per heavy atom. The first-order valence-electron chi connectivity index (χ1n) is 6.13. The first kappa shape index (κ1) is 14.7. The van der Waals surface area contributed by atoms with Crippen LogP contribution >= 0.6 is 0 Å². The Morgan fingerprint density at radius 3 is 2.29 bits per heavy atom. The molecule has 0 aliphatic rings. The standard InChI is InChI=1S/C14H14FN3O3/c1-8(16-10-6-4-9(15)5-7-10)11-12(19)17(2)14(21)18(3)13(11)20/h4-7,19H,1-3H3. The second kappa shape index (κ2) is 5.35. The molecular weight excluding hydrogens is 277 g/mol. The van der Waals surface area contributed by atoms with Crippen LogP contribution < -0.4 is 11.2 Å². The summed E-state index contributed by atoms with van der Waals surface area (Å²) in [5.74, 6) is -0.848. The molecule has 1 heterocycles. The van der Waals surface area contributed by atoms with E-state index in [0.717, 1.165) is 9.13 Å². The molecule has 0 saturated carbocycles. The maximum absolute atomic E-state index is 12.8. The van der Waals surface area contributed by atoms with Gasteiger partial charge in [-0.3, -0.25) is 18.9 Å². The Hall–Kier alpha value is -2.70. The van der Waals surface area contributed by atoms with Gasteiger partial charge in [0.15, 0.2) is 0 Å². The van der Waals surface area contributed by atoms with Gasteiger partial charge in [0, 0.05) is 14.1 Å². The van der Waals surface area contributed by atoms with Gasteiger partial charge in [0.2, 0.25) is 5.88 Å². The summed E-state index contributed by atoms with van der Waals surface area (Å²) >= 11 is 0. The molecule has 2 rings (SSSR count). The molecule has 0 unspecified atom stereocenters. The Bertz CT molecular complexity index is 832. The van der Waals surface area contributed by atoms with Gasteiger partial charge in [-0.05, 0) is 31.2 Å². The number of hydrogen-bond donors (Lipinski definition) is 1. The van der Waals surface area contributed by atoms with Crippen LogP contribution in [0.15, 0.2) is 38.8 Å². The van der Waals surface area contributed by atoms with Crippen LogP contribution in [0.1, 0.15) is 12.5 Å². The highest BCUT2D eigenvalue weighted by Crippen LogP contribution is 2.16. The minimum atomic E-state index is -0.640. The summed E-state index contributed by atoms with van der Waals surface area (Å²) in [7, 11) is 2.67. The van der Waals surface area contributed by atoms with Crippen molar-refractivity contribution in [2.45, 2.75) is 6.92 Å². The molecule has 0 saturated heterocycles. The van der Waals surface area contributed by atoms with Crippen LogP contribution in [0.2, 0.25) is 0 Å². The topological polar surface area (TPSA) is 76.6 Å². The van der Waals surface area contributed by atoms with Crippen LogP contribution in [0.4, 0.5) is 10.1 Å². The molecule has 21 heavy (non-hydrogen) atoms. The van der Waals surface area contributed by atoms with Gasteiger partial charge in [-0.15, -0.1) is 0 Å². The fourth-order valence-electron chi connectivity index (χ4n) is 1.92. The molecule has 1 N–H and O–H groups in total. The molecule has 0 aliphatic heterocycles. The highest BCUT2D eigenvalue weighted by Gasteiger charge is 2.17. The van der Waals surface area contributed by atoms with Crippen molar-refractivity contribution in [1.82, 2.24) is 9.13 Å². The van der Waals surface area contributed by atoms with E-state index in [1.165, 1.54) is 45.3 Å². The lowest BCUT2D eigenvalue weighted by atomic mass is 10.2. The van der Waals surface area contributed by atoms with Gasteiger partial charge in [-0.1, -0.05) is 0 Å². The van der Waals surface area contributed by atoms with Crippen LogP contribution in [0.5, 0.6) is 5.88 Å². The maximum Gasteiger partial charge on any atom is 0.333 e. The van der Waals surface area contributed by atoms with Gasteiger partial charge >= 0.3 is 5.69 Å². The summed E-state index contributed by atoms with van der Waals surface area (Å²) in [6.45, 7) is 1.53. The van der Waals surface area contributed by atoms with Gasteiger partial charge in [0.05, 0.1) is 11.4 Å². The molecule has 1 aromatic heterocycles. The molecule has 0 bridgehead atoms. The first-order valence-corrected chi connectivity index (χ1v) is 6.13. The van der Waals surface area contributed by atoms with Crippen molar-refractivity contribution in [3.05, 3.63) is 56.5 Å². The van der Waals surface area contributed by atoms with Crippen molar-refractivity contribution in [2.75, 3.05) is 0 Å². The lowest BCUT2D eigenvalue weighted by Crippen LogP contribution is -2.39. The van der Waals surface area contributed by atoms with Crippen LogP contribution in [0.3, 0.4) is 0 Å². The van der Waals surface area contributed by atoms with Crippen LogP contribution in [-0.4, -0.2) is 20.0 Å². The zero-order valence-electron chi connectivity index (χ0n) is 11.8. The molecule has 0 spiro atoms. The van der Waals surface area contributed by atoms with E-state index >= 15 is 0 Å². The van der Waals surface area contributed by atoms with Crippen molar-refractivity contribution >= 4 is 11.4 Å². The highest BCUT2D eigenvalue weighted by molar-refractivity contribution is 6.01. The maximum atomic E-state index is 12.8. The second-order valence-corrected chi connectivity index (χ2v) is 4.58. The van der Waals surface area contributed by atoms with Crippen molar-refractivity contribution < 1.29 is 9.50 Å². The van der Waals surface area contributed by atoms with Crippen molar-refractivity contribution in [3.63, 3.8) is 0 Å². The Morgan fingerprint density at radius 1 is 1.14 bits per heavy atom. The van der Waals surface area contributed by atoms with Crippen LogP contribution in [0.25, 0.3) is 0 Å². The zero-order chi connectivity index (χ0) is 15.7. The van der Waals surface area contributed by atoms with Gasteiger partial charge in [0.25, 0.3) is 5.56 Å². The molecule has 0 atom stereocenters. The molecule has 0 radical (unpaired) electrons. The largest absolute Gasteiger partial charge is 0.494 e. The smallest absolute Gasteiger partial charge is 0.333 e. The number of aliphatic imine (C=N–C) groups is 1. The predicted octanol–water partition coefficient (Wildman–Crippen LogP) is 1.07. The number of aromatic hydroxyl groups is 1. The third-order valence-electron chi connectivity index (χ3n) is 3.12. The molecule has 0 fully saturated rings. The van der Waals surface area contributed by atoms with E-state index in [1.807, 2.05) is 0 Å². The fourth-order valence-corrected chi connectivity index (χ4v) is 1.92. The molecule has 110 valence electrons. The van der Waals surface area contributed by atoms with Gasteiger partial charge in [0.1, 0.15) is 11.4 Å². The Balaban J connectivity index is 2.64. The van der Waals surface area contributed by atoms with Crippen molar-refractivity contribution in [2.24, 2.45) is 19.1 Å². The molecule has 0 amide bonds. The van der Waals surface area contributed by atoms with Crippen LogP contribution in [-0.2, 0) is 14.1 Å². The van der Waals surface area contributed by atoms with E-state index in [0.29, 0.717) is 5.69 Å². The monoisotopic (exact) mass is 291 g/mol. The van der Waals surface area contributed by atoms with Gasteiger partial charge in [-0.25, -0.2) is 9.18 Å². The number of nitrogens with zero attached hydrogens (tertiary/aromatic N) is 3. The average Bonchev–Trinajstić information content (AvgIpc) is 2.46. The number of halogens is 1. The second-order valence-electron chi connectivity index (χ2n) is 4.58. The normalized spacial score (nSPS) is 11.7. The third-order valence-corrected chi connectivity index (χ3v) is 3.12. The number of benzene rings is 1. The number of rotatable bonds is 2. The SMILES string of the molecule is CC(=Nc1ccc(F)cc1)c1c(O)n(C)c(=O)n(C)c1=O. The van der Waals surface area contributed by atoms with E-state index in [-0.39, 0.29) is 11.3 Å². The van der Waals surface area contributed by atoms with Crippen molar-refractivity contribution in [3.8, 4) is 5.88 Å². The quantitative estimate of drug-likeness (QED) is 0.841. The summed E-state index contributed by atoms with van der Waals surface area (Å²) in [5.41, 5.74) is -0.668. The van der Waals surface area contributed by atoms with E-state index in [2.05, 4.69) is 4.99 Å². The minimum Gasteiger partial charge on any atom is -0.494 e. The highest BCUT2D eigenvalue weighted by atomic mass is 19.1. The van der Waals surface area contributed by atoms with E-state index in [9.17, 15) is 19.1 Å². The zero-order valence-corrected chi connectivity index (χ0v) is 11.8. The molecule has 0 aliphatic carbocycles. The van der Waals surface area contributed by atoms with E-state index in [1.54, 1.807) is 0 Å². The van der Waals surface area contributed by atoms with Crippen LogP contribution in [0, 0.1) is 5.82 Å². The molecule has 6 nitrogen and oxygen atoms in total. The Labute approximate surface area is 119 Å². The average molecular weight is 291 g/mol. The molecular formula is C14H14FN3O3. The van der Waals surface area contributed by atoms with E-state index < -0.39 is 22.9 Å². The Kier molecular flexibility index (Phi) is 3.75. The number of aromatic nitrogens is 2. The lowest BCUT2D eigenvalue weighted by Gasteiger charge is -2.10. The summed E-state index contributed by atoms with van der Waals surface area (Å²) in [4.78, 5) is 27.9. The van der Waals surface area contributed by atoms with Crippen molar-refractivity contribution in [1.29, 1.82) is 0 Å². The third kappa shape index (κ3) is 2.62. The van der Waals surface area contributed by atoms with E-state index in [4.69, 9.17) is 0 Å². The van der Waals surface area contributed by atoms with Gasteiger partial charge in [-0.2, -0.15) is 0 Å². The lowest BCUT2D eigenvalue weighted by molar-refractivity contribution is 0.410. The molecule has 2 aromatic rings. The summed E-state index contributed by atoms with van der Waals surface area (Å²) in [5, 5.41) is 9.99. The first-order chi connectivity index (χ1) is 9.82. The molecule has 1 aromatic carbocycles. The summed E-state index contributed by atoms with van der Waals surface area (Å²) in [6.07, 6.45) is 0. The fraction of sp³-hybridized carbons (Fsp3) is 0.214. The predicted molar refractivity (Wildman–Crippen MR) is 76.9 cm³/mol. The molecule has 7 heteroatoms.